The van der Waals surface area contributed by atoms with Gasteiger partial charge in [0.25, 0.3) is 0 Å². The number of benzene rings is 1. The van der Waals surface area contributed by atoms with Gasteiger partial charge in [0.2, 0.25) is 0 Å². The van der Waals surface area contributed by atoms with Gasteiger partial charge in [-0.05, 0) is 31.5 Å². The van der Waals surface area contributed by atoms with Crippen molar-refractivity contribution < 1.29 is 19.1 Å². The smallest absolute Gasteiger partial charge is 0.433 e. The molecule has 6 heteroatoms. The van der Waals surface area contributed by atoms with Gasteiger partial charge in [0.05, 0.1) is 19.4 Å². The van der Waals surface area contributed by atoms with Crippen molar-refractivity contribution in [2.75, 3.05) is 20.8 Å². The Morgan fingerprint density at radius 1 is 1.33 bits per heavy atom. The number of rotatable bonds is 7. The zero-order chi connectivity index (χ0) is 15.7. The Balaban J connectivity index is 2.87. The molecule has 0 saturated heterocycles. The topological polar surface area (TPSA) is 69.2 Å². The fourth-order valence-corrected chi connectivity index (χ4v) is 1.55. The van der Waals surface area contributed by atoms with Crippen LogP contribution in [0.15, 0.2) is 23.4 Å². The van der Waals surface area contributed by atoms with Crippen molar-refractivity contribution in [2.24, 2.45) is 5.16 Å². The molecule has 0 unspecified atom stereocenters. The van der Waals surface area contributed by atoms with Crippen molar-refractivity contribution in [1.82, 2.24) is 5.32 Å². The lowest BCUT2D eigenvalue weighted by atomic mass is 10.1. The number of carbonyl (C=O) groups is 1. The van der Waals surface area contributed by atoms with Gasteiger partial charge in [-0.15, -0.1) is 0 Å². The summed E-state index contributed by atoms with van der Waals surface area (Å²) in [6, 6.07) is 5.45. The van der Waals surface area contributed by atoms with Crippen molar-refractivity contribution >= 4 is 11.8 Å². The fourth-order valence-electron chi connectivity index (χ4n) is 1.55. The molecule has 0 aromatic heterocycles. The highest BCUT2D eigenvalue weighted by atomic mass is 16.7. The summed E-state index contributed by atoms with van der Waals surface area (Å²) in [5.74, 6) is 1.31. The first kappa shape index (κ1) is 16.8. The highest BCUT2D eigenvalue weighted by Gasteiger charge is 2.08. The molecule has 1 aromatic carbocycles. The van der Waals surface area contributed by atoms with Crippen molar-refractivity contribution in [2.45, 2.75) is 26.7 Å². The Morgan fingerprint density at radius 3 is 2.71 bits per heavy atom. The minimum absolute atomic E-state index is 0.571. The molecule has 1 rings (SSSR count). The molecule has 0 atom stereocenters. The van der Waals surface area contributed by atoms with E-state index in [1.54, 1.807) is 20.1 Å². The minimum atomic E-state index is -0.609. The van der Waals surface area contributed by atoms with Crippen LogP contribution in [0, 0.1) is 0 Å². The van der Waals surface area contributed by atoms with Crippen LogP contribution in [0.5, 0.6) is 11.5 Å². The molecule has 6 nitrogen and oxygen atoms in total. The van der Waals surface area contributed by atoms with Crippen molar-refractivity contribution in [3.63, 3.8) is 0 Å². The summed E-state index contributed by atoms with van der Waals surface area (Å²) in [7, 11) is 3.07. The number of nitrogens with one attached hydrogen (secondary N) is 1. The molecule has 0 spiro atoms. The van der Waals surface area contributed by atoms with Gasteiger partial charge >= 0.3 is 6.09 Å². The fraction of sp³-hybridized carbons (Fsp3) is 0.467. The second-order valence-electron chi connectivity index (χ2n) is 4.37. The molecule has 0 aliphatic rings. The molecule has 0 bridgehead atoms. The second kappa shape index (κ2) is 8.84. The van der Waals surface area contributed by atoms with Crippen LogP contribution in [-0.2, 0) is 4.84 Å². The maximum atomic E-state index is 11.0. The number of hydrogen-bond donors (Lipinski definition) is 1. The zero-order valence-electron chi connectivity index (χ0n) is 12.9. The van der Waals surface area contributed by atoms with E-state index in [0.717, 1.165) is 18.4 Å². The molecule has 0 aliphatic carbocycles. The molecule has 21 heavy (non-hydrogen) atoms. The number of amides is 1. The van der Waals surface area contributed by atoms with E-state index in [4.69, 9.17) is 9.47 Å². The summed E-state index contributed by atoms with van der Waals surface area (Å²) in [5.41, 5.74) is 1.37. The van der Waals surface area contributed by atoms with Crippen LogP contribution in [0.4, 0.5) is 4.79 Å². The van der Waals surface area contributed by atoms with Gasteiger partial charge in [-0.2, -0.15) is 0 Å². The Bertz CT molecular complexity index is 500. The molecular formula is C15H22N2O4. The van der Waals surface area contributed by atoms with E-state index in [-0.39, 0.29) is 0 Å². The number of nitrogens with zero attached hydrogens (tertiary/aromatic N) is 1. The van der Waals surface area contributed by atoms with Crippen molar-refractivity contribution in [1.29, 1.82) is 0 Å². The molecule has 0 saturated carbocycles. The van der Waals surface area contributed by atoms with Crippen LogP contribution in [-0.4, -0.2) is 32.6 Å². The summed E-state index contributed by atoms with van der Waals surface area (Å²) < 4.78 is 11.0. The lowest BCUT2D eigenvalue weighted by Crippen LogP contribution is -2.17. The molecule has 116 valence electrons. The van der Waals surface area contributed by atoms with E-state index in [1.807, 2.05) is 12.1 Å². The Morgan fingerprint density at radius 2 is 2.10 bits per heavy atom. The molecule has 0 radical (unpaired) electrons. The lowest BCUT2D eigenvalue weighted by molar-refractivity contribution is 0.153. The normalized spacial score (nSPS) is 11.0. The monoisotopic (exact) mass is 294 g/mol. The standard InChI is InChI=1S/C15H22N2O4/c1-5-6-9-20-14-10-12(7-8-13(14)19-4)11(2)17-21-15(18)16-3/h7-8,10H,5-6,9H2,1-4H3,(H,16,18). The molecule has 0 heterocycles. The molecule has 1 N–H and O–H groups in total. The molecule has 1 amide bonds. The van der Waals surface area contributed by atoms with Gasteiger partial charge in [-0.1, -0.05) is 18.5 Å². The Labute approximate surface area is 125 Å². The summed E-state index contributed by atoms with van der Waals surface area (Å²) in [5, 5.41) is 6.09. The summed E-state index contributed by atoms with van der Waals surface area (Å²) >= 11 is 0. The van der Waals surface area contributed by atoms with Crippen LogP contribution < -0.4 is 14.8 Å². The third kappa shape index (κ3) is 5.33. The van der Waals surface area contributed by atoms with Crippen LogP contribution in [0.3, 0.4) is 0 Å². The Hall–Kier alpha value is -2.24. The van der Waals surface area contributed by atoms with Crippen LogP contribution >= 0.6 is 0 Å². The van der Waals surface area contributed by atoms with Gasteiger partial charge in [0, 0.05) is 12.6 Å². The summed E-state index contributed by atoms with van der Waals surface area (Å²) in [6.45, 7) is 4.48. The first-order valence-electron chi connectivity index (χ1n) is 6.86. The maximum absolute atomic E-state index is 11.0. The number of oxime groups is 1. The largest absolute Gasteiger partial charge is 0.493 e. The van der Waals surface area contributed by atoms with E-state index >= 15 is 0 Å². The van der Waals surface area contributed by atoms with Crippen molar-refractivity contribution in [3.8, 4) is 11.5 Å². The first-order valence-corrected chi connectivity index (χ1v) is 6.86. The van der Waals surface area contributed by atoms with Gasteiger partial charge in [0.15, 0.2) is 11.5 Å². The third-order valence-electron chi connectivity index (χ3n) is 2.81. The third-order valence-corrected chi connectivity index (χ3v) is 2.81. The SMILES string of the molecule is CCCCOc1cc(C(C)=NOC(=O)NC)ccc1OC. The van der Waals surface area contributed by atoms with E-state index in [2.05, 4.69) is 22.2 Å². The highest BCUT2D eigenvalue weighted by Crippen LogP contribution is 2.28. The van der Waals surface area contributed by atoms with E-state index in [1.165, 1.54) is 7.05 Å². The molecule has 1 aromatic rings. The average Bonchev–Trinajstić information content (AvgIpc) is 2.52. The first-order chi connectivity index (χ1) is 10.1. The van der Waals surface area contributed by atoms with Crippen LogP contribution in [0.2, 0.25) is 0 Å². The number of unbranched alkanes of at least 4 members (excludes halogenated alkanes) is 1. The zero-order valence-corrected chi connectivity index (χ0v) is 12.9. The van der Waals surface area contributed by atoms with Gasteiger partial charge < -0.3 is 14.8 Å². The minimum Gasteiger partial charge on any atom is -0.493 e. The van der Waals surface area contributed by atoms with Gasteiger partial charge in [0.1, 0.15) is 0 Å². The van der Waals surface area contributed by atoms with E-state index in [0.29, 0.717) is 23.8 Å². The predicted octanol–water partition coefficient (Wildman–Crippen LogP) is 2.95. The van der Waals surface area contributed by atoms with Gasteiger partial charge in [-0.3, -0.25) is 4.84 Å². The van der Waals surface area contributed by atoms with E-state index < -0.39 is 6.09 Å². The lowest BCUT2D eigenvalue weighted by Gasteiger charge is -2.12. The quantitative estimate of drug-likeness (QED) is 0.363. The van der Waals surface area contributed by atoms with Gasteiger partial charge in [-0.25, -0.2) is 4.79 Å². The van der Waals surface area contributed by atoms with Crippen molar-refractivity contribution in [3.05, 3.63) is 23.8 Å². The maximum Gasteiger partial charge on any atom is 0.433 e. The average molecular weight is 294 g/mol. The van der Waals surface area contributed by atoms with Crippen LogP contribution in [0.1, 0.15) is 32.3 Å². The molecule has 0 fully saturated rings. The number of methoxy groups -OCH3 is 1. The number of ether oxygens (including phenoxy) is 2. The number of carbonyl (C=O) groups excluding carboxylic acids is 1. The van der Waals surface area contributed by atoms with E-state index in [9.17, 15) is 4.79 Å². The molecular weight excluding hydrogens is 272 g/mol. The predicted molar refractivity (Wildman–Crippen MR) is 81.1 cm³/mol. The second-order valence-corrected chi connectivity index (χ2v) is 4.37. The Kier molecular flexibility index (Phi) is 7.08. The summed E-state index contributed by atoms with van der Waals surface area (Å²) in [6.07, 6.45) is 1.42. The molecule has 0 aliphatic heterocycles. The van der Waals surface area contributed by atoms with Crippen LogP contribution in [0.25, 0.3) is 0 Å². The summed E-state index contributed by atoms with van der Waals surface area (Å²) in [4.78, 5) is 15.7. The number of hydrogen-bond acceptors (Lipinski definition) is 5. The highest BCUT2D eigenvalue weighted by molar-refractivity contribution is 5.99.